The van der Waals surface area contributed by atoms with Crippen LogP contribution in [0.1, 0.15) is 31.2 Å². The molecule has 0 aliphatic heterocycles. The van der Waals surface area contributed by atoms with Crippen molar-refractivity contribution in [3.05, 3.63) is 47.8 Å². The molecule has 3 N–H and O–H groups in total. The van der Waals surface area contributed by atoms with Crippen LogP contribution in [0.3, 0.4) is 0 Å². The molecule has 0 aliphatic rings. The largest absolute Gasteiger partial charge is 0.478 e. The summed E-state index contributed by atoms with van der Waals surface area (Å²) in [6, 6.07) is 12.1. The first-order chi connectivity index (χ1) is 10.3. The van der Waals surface area contributed by atoms with E-state index < -0.39 is 0 Å². The summed E-state index contributed by atoms with van der Waals surface area (Å²) in [7, 11) is 0. The number of aromatic nitrogens is 2. The Kier molecular flexibility index (Phi) is 5.97. The van der Waals surface area contributed by atoms with Gasteiger partial charge in [0, 0.05) is 12.5 Å². The summed E-state index contributed by atoms with van der Waals surface area (Å²) in [5.74, 6) is 7.34. The summed E-state index contributed by atoms with van der Waals surface area (Å²) in [4.78, 5) is 8.68. The Bertz CT molecular complexity index is 545. The number of hydrogen-bond acceptors (Lipinski definition) is 5. The molecule has 2 rings (SSSR count). The minimum atomic E-state index is 0.578. The van der Waals surface area contributed by atoms with Crippen molar-refractivity contribution in [3.8, 4) is 5.88 Å². The van der Waals surface area contributed by atoms with Crippen LogP contribution in [0.4, 0.5) is 5.82 Å². The smallest absolute Gasteiger partial charge is 0.218 e. The zero-order valence-electron chi connectivity index (χ0n) is 12.4. The molecule has 0 unspecified atom stereocenters. The van der Waals surface area contributed by atoms with E-state index in [9.17, 15) is 0 Å². The van der Waals surface area contributed by atoms with E-state index in [0.29, 0.717) is 18.3 Å². The molecule has 0 saturated heterocycles. The van der Waals surface area contributed by atoms with Crippen LogP contribution in [0.2, 0.25) is 0 Å². The molecule has 1 aromatic carbocycles. The highest BCUT2D eigenvalue weighted by molar-refractivity contribution is 5.37. The van der Waals surface area contributed by atoms with Crippen LogP contribution in [-0.2, 0) is 12.8 Å². The van der Waals surface area contributed by atoms with Gasteiger partial charge in [-0.2, -0.15) is 4.98 Å². The molecule has 0 radical (unpaired) electrons. The molecular weight excluding hydrogens is 264 g/mol. The first kappa shape index (κ1) is 15.3. The van der Waals surface area contributed by atoms with Gasteiger partial charge in [-0.3, -0.25) is 0 Å². The molecule has 1 heterocycles. The van der Waals surface area contributed by atoms with Gasteiger partial charge in [0.2, 0.25) is 5.88 Å². The fraction of sp³-hybridized carbons (Fsp3) is 0.375. The van der Waals surface area contributed by atoms with Crippen LogP contribution in [0.15, 0.2) is 36.4 Å². The number of nitrogen functional groups attached to an aromatic ring is 1. The van der Waals surface area contributed by atoms with Crippen LogP contribution >= 0.6 is 0 Å². The summed E-state index contributed by atoms with van der Waals surface area (Å²) >= 11 is 0. The fourth-order valence-electron chi connectivity index (χ4n) is 2.05. The average Bonchev–Trinajstić information content (AvgIpc) is 2.53. The maximum Gasteiger partial charge on any atom is 0.218 e. The first-order valence-electron chi connectivity index (χ1n) is 7.33. The molecule has 2 aromatic rings. The highest BCUT2D eigenvalue weighted by Gasteiger charge is 2.04. The number of nitrogens with zero attached hydrogens (tertiary/aromatic N) is 2. The van der Waals surface area contributed by atoms with Crippen molar-refractivity contribution >= 4 is 5.82 Å². The quantitative estimate of drug-likeness (QED) is 0.443. The van der Waals surface area contributed by atoms with E-state index in [0.717, 1.165) is 31.5 Å². The number of benzene rings is 1. The fourth-order valence-corrected chi connectivity index (χ4v) is 2.05. The van der Waals surface area contributed by atoms with E-state index in [1.807, 2.05) is 6.07 Å². The molecule has 0 saturated carbocycles. The molecule has 5 heteroatoms. The van der Waals surface area contributed by atoms with E-state index in [1.54, 1.807) is 6.07 Å². The predicted octanol–water partition coefficient (Wildman–Crippen LogP) is 2.73. The van der Waals surface area contributed by atoms with Gasteiger partial charge in [-0.05, 0) is 24.8 Å². The van der Waals surface area contributed by atoms with Gasteiger partial charge in [-0.1, -0.05) is 37.3 Å². The summed E-state index contributed by atoms with van der Waals surface area (Å²) in [6.07, 6.45) is 3.75. The van der Waals surface area contributed by atoms with Crippen LogP contribution in [-0.4, -0.2) is 16.6 Å². The number of hydrazine groups is 1. The lowest BCUT2D eigenvalue weighted by atomic mass is 10.1. The molecule has 5 nitrogen and oxygen atoms in total. The second-order valence-corrected chi connectivity index (χ2v) is 4.84. The second-order valence-electron chi connectivity index (χ2n) is 4.84. The molecule has 0 spiro atoms. The minimum Gasteiger partial charge on any atom is -0.478 e. The van der Waals surface area contributed by atoms with Gasteiger partial charge in [0.15, 0.2) is 0 Å². The number of nitrogens with one attached hydrogen (secondary N) is 1. The van der Waals surface area contributed by atoms with Crippen molar-refractivity contribution in [1.29, 1.82) is 0 Å². The Hall–Kier alpha value is -2.14. The lowest BCUT2D eigenvalue weighted by Gasteiger charge is -2.09. The van der Waals surface area contributed by atoms with Crippen molar-refractivity contribution in [3.63, 3.8) is 0 Å². The highest BCUT2D eigenvalue weighted by Crippen LogP contribution is 2.14. The van der Waals surface area contributed by atoms with Gasteiger partial charge < -0.3 is 10.2 Å². The topological polar surface area (TPSA) is 73.1 Å². The van der Waals surface area contributed by atoms with Crippen molar-refractivity contribution in [2.45, 2.75) is 32.6 Å². The van der Waals surface area contributed by atoms with Crippen LogP contribution in [0.25, 0.3) is 0 Å². The van der Waals surface area contributed by atoms with E-state index in [4.69, 9.17) is 10.6 Å². The van der Waals surface area contributed by atoms with Gasteiger partial charge >= 0.3 is 0 Å². The standard InChI is InChI=1S/C16H22N4O/c1-2-7-14-18-15(20-17)12-16(19-14)21-11-6-10-13-8-4-3-5-9-13/h3-5,8-9,12H,2,6-7,10-11,17H2,1H3,(H,18,19,20). The van der Waals surface area contributed by atoms with Gasteiger partial charge in [-0.15, -0.1) is 0 Å². The Balaban J connectivity index is 1.86. The zero-order chi connectivity index (χ0) is 14.9. The van der Waals surface area contributed by atoms with E-state index in [1.165, 1.54) is 5.56 Å². The maximum absolute atomic E-state index is 5.71. The Morgan fingerprint density at radius 1 is 1.14 bits per heavy atom. The summed E-state index contributed by atoms with van der Waals surface area (Å²) < 4.78 is 5.71. The number of ether oxygens (including phenoxy) is 1. The average molecular weight is 286 g/mol. The van der Waals surface area contributed by atoms with Gasteiger partial charge in [0.05, 0.1) is 6.61 Å². The molecule has 0 fully saturated rings. The van der Waals surface area contributed by atoms with E-state index in [-0.39, 0.29) is 0 Å². The van der Waals surface area contributed by atoms with Gasteiger partial charge in [0.25, 0.3) is 0 Å². The maximum atomic E-state index is 5.71. The van der Waals surface area contributed by atoms with Crippen LogP contribution in [0, 0.1) is 0 Å². The van der Waals surface area contributed by atoms with E-state index >= 15 is 0 Å². The van der Waals surface area contributed by atoms with Crippen LogP contribution < -0.4 is 16.0 Å². The van der Waals surface area contributed by atoms with E-state index in [2.05, 4.69) is 46.6 Å². The SMILES string of the molecule is CCCc1nc(NN)cc(OCCCc2ccccc2)n1. The molecule has 21 heavy (non-hydrogen) atoms. The third-order valence-electron chi connectivity index (χ3n) is 3.07. The molecule has 0 amide bonds. The molecule has 0 aliphatic carbocycles. The monoisotopic (exact) mass is 286 g/mol. The van der Waals surface area contributed by atoms with Crippen molar-refractivity contribution in [1.82, 2.24) is 9.97 Å². The molecule has 1 aromatic heterocycles. The van der Waals surface area contributed by atoms with Crippen molar-refractivity contribution in [2.24, 2.45) is 5.84 Å². The summed E-state index contributed by atoms with van der Waals surface area (Å²) in [5.41, 5.74) is 3.87. The normalized spacial score (nSPS) is 10.4. The third kappa shape index (κ3) is 5.04. The lowest BCUT2D eigenvalue weighted by molar-refractivity contribution is 0.298. The number of hydrogen-bond donors (Lipinski definition) is 2. The first-order valence-corrected chi connectivity index (χ1v) is 7.33. The predicted molar refractivity (Wildman–Crippen MR) is 84.1 cm³/mol. The molecule has 0 atom stereocenters. The number of nitrogens with two attached hydrogens (primary N) is 1. The molecular formula is C16H22N4O. The number of aryl methyl sites for hydroxylation is 2. The number of anilines is 1. The second kappa shape index (κ2) is 8.21. The Morgan fingerprint density at radius 2 is 1.95 bits per heavy atom. The van der Waals surface area contributed by atoms with Crippen LogP contribution in [0.5, 0.6) is 5.88 Å². The van der Waals surface area contributed by atoms with Crippen molar-refractivity contribution in [2.75, 3.05) is 12.0 Å². The van der Waals surface area contributed by atoms with Gasteiger partial charge in [0.1, 0.15) is 11.6 Å². The highest BCUT2D eigenvalue weighted by atomic mass is 16.5. The Labute approximate surface area is 125 Å². The lowest BCUT2D eigenvalue weighted by Crippen LogP contribution is -2.11. The molecule has 0 bridgehead atoms. The zero-order valence-corrected chi connectivity index (χ0v) is 12.4. The molecule has 112 valence electrons. The van der Waals surface area contributed by atoms with Crippen molar-refractivity contribution < 1.29 is 4.74 Å². The Morgan fingerprint density at radius 3 is 2.67 bits per heavy atom. The minimum absolute atomic E-state index is 0.578. The summed E-state index contributed by atoms with van der Waals surface area (Å²) in [5, 5.41) is 0. The number of rotatable bonds is 8. The third-order valence-corrected chi connectivity index (χ3v) is 3.07. The van der Waals surface area contributed by atoms with Gasteiger partial charge in [-0.25, -0.2) is 10.8 Å². The summed E-state index contributed by atoms with van der Waals surface area (Å²) in [6.45, 7) is 2.72.